The fraction of sp³-hybridized carbons (Fsp3) is 0.308. The summed E-state index contributed by atoms with van der Waals surface area (Å²) in [5.74, 6) is -1.56. The molecule has 3 heterocycles. The monoisotopic (exact) mass is 313 g/mol. The Morgan fingerprint density at radius 1 is 1.57 bits per heavy atom. The topological polar surface area (TPSA) is 78.3 Å². The number of carbonyl (C=O) groups is 2. The molecule has 0 N–H and O–H groups in total. The first kappa shape index (κ1) is 16.4. The van der Waals surface area contributed by atoms with Gasteiger partial charge in [-0.3, -0.25) is 14.4 Å². The van der Waals surface area contributed by atoms with Crippen molar-refractivity contribution in [3.63, 3.8) is 0 Å². The maximum absolute atomic E-state index is 12.1. The molecular weight excluding hydrogens is 301 g/mol. The van der Waals surface area contributed by atoms with E-state index in [-0.39, 0.29) is 46.5 Å². The summed E-state index contributed by atoms with van der Waals surface area (Å²) in [7, 11) is 1.80. The molecular formula is C13H12N3NaO3S. The second-order valence-electron chi connectivity index (χ2n) is 4.61. The standard InChI is InChI=1S/C13H13N3O3S.Na/c1-3-9-10(13(18)19)16-11(17)8(12(16)20-9)4-7-5-14-15(2)6-7;/h4-6,12H,3H2,1-2H3,(H,18,19);/q;+1/p-1/b8-4-;. The van der Waals surface area contributed by atoms with E-state index in [0.717, 1.165) is 5.56 Å². The predicted octanol–water partition coefficient (Wildman–Crippen LogP) is -2.91. The first-order valence-corrected chi connectivity index (χ1v) is 7.05. The minimum absolute atomic E-state index is 0. The van der Waals surface area contributed by atoms with Crippen LogP contribution >= 0.6 is 11.8 Å². The second-order valence-corrected chi connectivity index (χ2v) is 5.78. The number of amides is 1. The Balaban J connectivity index is 0.00000161. The number of hydrogen-bond donors (Lipinski definition) is 0. The van der Waals surface area contributed by atoms with Gasteiger partial charge in [0.15, 0.2) is 0 Å². The van der Waals surface area contributed by atoms with E-state index >= 15 is 0 Å². The van der Waals surface area contributed by atoms with E-state index in [9.17, 15) is 14.7 Å². The zero-order chi connectivity index (χ0) is 14.4. The molecule has 2 aliphatic heterocycles. The van der Waals surface area contributed by atoms with Crippen LogP contribution < -0.4 is 34.7 Å². The van der Waals surface area contributed by atoms with Crippen LogP contribution in [0.3, 0.4) is 0 Å². The third-order valence-electron chi connectivity index (χ3n) is 3.29. The number of carboxylic acids is 1. The molecule has 8 heteroatoms. The van der Waals surface area contributed by atoms with Crippen molar-refractivity contribution in [1.29, 1.82) is 0 Å². The van der Waals surface area contributed by atoms with Crippen molar-refractivity contribution >= 4 is 29.7 Å². The molecule has 1 aromatic heterocycles. The third-order valence-corrected chi connectivity index (χ3v) is 4.74. The number of thioether (sulfide) groups is 1. The van der Waals surface area contributed by atoms with Gasteiger partial charge in [-0.15, -0.1) is 0 Å². The first-order valence-electron chi connectivity index (χ1n) is 6.18. The Bertz CT molecular complexity index is 680. The number of carboxylic acid groups (broad SMARTS) is 1. The molecule has 0 bridgehead atoms. The Kier molecular flexibility index (Phi) is 4.67. The van der Waals surface area contributed by atoms with Crippen LogP contribution in [0.25, 0.3) is 6.08 Å². The fourth-order valence-corrected chi connectivity index (χ4v) is 3.71. The van der Waals surface area contributed by atoms with E-state index in [1.54, 1.807) is 30.2 Å². The SMILES string of the molecule is CCC1=C(C(=O)[O-])N2C(=O)/C(=C/c3cnn(C)c3)C2S1.[Na+]. The molecule has 1 fully saturated rings. The van der Waals surface area contributed by atoms with Gasteiger partial charge in [-0.25, -0.2) is 0 Å². The number of nitrogens with zero attached hydrogens (tertiary/aromatic N) is 3. The molecule has 1 atom stereocenters. The zero-order valence-electron chi connectivity index (χ0n) is 12.0. The third kappa shape index (κ3) is 2.59. The zero-order valence-corrected chi connectivity index (χ0v) is 14.8. The van der Waals surface area contributed by atoms with E-state index < -0.39 is 5.97 Å². The molecule has 3 rings (SSSR count). The Labute approximate surface area is 148 Å². The van der Waals surface area contributed by atoms with Crippen LogP contribution in [0.4, 0.5) is 0 Å². The molecule has 0 aliphatic carbocycles. The van der Waals surface area contributed by atoms with Crippen LogP contribution in [0, 0.1) is 0 Å². The van der Waals surface area contributed by atoms with Crippen LogP contribution in [0.2, 0.25) is 0 Å². The van der Waals surface area contributed by atoms with E-state index in [0.29, 0.717) is 16.9 Å². The van der Waals surface area contributed by atoms with Crippen molar-refractivity contribution in [1.82, 2.24) is 14.7 Å². The largest absolute Gasteiger partial charge is 1.00 e. The number of aromatic nitrogens is 2. The average Bonchev–Trinajstić information content (AvgIpc) is 2.97. The molecule has 21 heavy (non-hydrogen) atoms. The number of allylic oxidation sites excluding steroid dienone is 1. The predicted molar refractivity (Wildman–Crippen MR) is 71.7 cm³/mol. The summed E-state index contributed by atoms with van der Waals surface area (Å²) in [6, 6.07) is 0. The number of rotatable bonds is 3. The van der Waals surface area contributed by atoms with Gasteiger partial charge in [0.05, 0.1) is 23.4 Å². The second kappa shape index (κ2) is 6.00. The van der Waals surface area contributed by atoms with Gasteiger partial charge >= 0.3 is 29.6 Å². The number of aryl methyl sites for hydroxylation is 1. The molecule has 0 radical (unpaired) electrons. The van der Waals surface area contributed by atoms with E-state index in [2.05, 4.69) is 5.10 Å². The quantitative estimate of drug-likeness (QED) is 0.340. The maximum atomic E-state index is 12.1. The van der Waals surface area contributed by atoms with Crippen LogP contribution in [-0.2, 0) is 16.6 Å². The average molecular weight is 313 g/mol. The molecule has 0 saturated carbocycles. The molecule has 1 unspecified atom stereocenters. The van der Waals surface area contributed by atoms with Gasteiger partial charge < -0.3 is 9.90 Å². The van der Waals surface area contributed by atoms with Gasteiger partial charge in [-0.2, -0.15) is 5.10 Å². The van der Waals surface area contributed by atoms with Crippen molar-refractivity contribution < 1.29 is 44.3 Å². The Morgan fingerprint density at radius 2 is 2.29 bits per heavy atom. The van der Waals surface area contributed by atoms with E-state index in [4.69, 9.17) is 0 Å². The van der Waals surface area contributed by atoms with Crippen LogP contribution in [0.1, 0.15) is 18.9 Å². The van der Waals surface area contributed by atoms with Gasteiger partial charge in [-0.05, 0) is 12.5 Å². The molecule has 6 nitrogen and oxygen atoms in total. The van der Waals surface area contributed by atoms with Crippen molar-refractivity contribution in [2.75, 3.05) is 0 Å². The Hall–Kier alpha value is -1.02. The van der Waals surface area contributed by atoms with Crippen molar-refractivity contribution in [2.45, 2.75) is 18.7 Å². The van der Waals surface area contributed by atoms with Gasteiger partial charge in [0, 0.05) is 23.7 Å². The van der Waals surface area contributed by atoms with Gasteiger partial charge in [-0.1, -0.05) is 18.7 Å². The van der Waals surface area contributed by atoms with E-state index in [1.807, 2.05) is 6.92 Å². The molecule has 2 aliphatic rings. The normalized spacial score (nSPS) is 22.2. The molecule has 0 spiro atoms. The number of carbonyl (C=O) groups excluding carboxylic acids is 2. The fourth-order valence-electron chi connectivity index (χ4n) is 2.37. The number of aliphatic carboxylic acids is 1. The minimum Gasteiger partial charge on any atom is -0.543 e. The molecule has 104 valence electrons. The van der Waals surface area contributed by atoms with Crippen molar-refractivity contribution in [2.24, 2.45) is 7.05 Å². The summed E-state index contributed by atoms with van der Waals surface area (Å²) in [6.45, 7) is 1.87. The molecule has 0 aromatic carbocycles. The van der Waals surface area contributed by atoms with Gasteiger partial charge in [0.1, 0.15) is 5.37 Å². The number of fused-ring (bicyclic) bond motifs is 1. The Morgan fingerprint density at radius 3 is 2.81 bits per heavy atom. The first-order chi connectivity index (χ1) is 9.52. The molecule has 1 amide bonds. The summed E-state index contributed by atoms with van der Waals surface area (Å²) in [4.78, 5) is 25.3. The summed E-state index contributed by atoms with van der Waals surface area (Å²) in [5, 5.41) is 15.0. The van der Waals surface area contributed by atoms with Crippen LogP contribution in [0.5, 0.6) is 0 Å². The molecule has 1 saturated heterocycles. The maximum Gasteiger partial charge on any atom is 1.00 e. The number of β-lactam (4-membered cyclic amide) rings is 1. The van der Waals surface area contributed by atoms with E-state index in [1.165, 1.54) is 16.7 Å². The summed E-state index contributed by atoms with van der Waals surface area (Å²) in [6.07, 6.45) is 5.80. The van der Waals surface area contributed by atoms with Crippen molar-refractivity contribution in [3.8, 4) is 0 Å². The van der Waals surface area contributed by atoms with Gasteiger partial charge in [0.25, 0.3) is 5.91 Å². The summed E-state index contributed by atoms with van der Waals surface area (Å²) < 4.78 is 1.65. The summed E-state index contributed by atoms with van der Waals surface area (Å²) >= 11 is 1.40. The molecule has 1 aromatic rings. The smallest absolute Gasteiger partial charge is 0.543 e. The minimum atomic E-state index is -1.29. The number of hydrogen-bond acceptors (Lipinski definition) is 5. The van der Waals surface area contributed by atoms with Crippen LogP contribution in [0.15, 0.2) is 28.6 Å². The van der Waals surface area contributed by atoms with Crippen LogP contribution in [-0.4, -0.2) is 31.9 Å². The summed E-state index contributed by atoms with van der Waals surface area (Å²) in [5.41, 5.74) is 1.46. The van der Waals surface area contributed by atoms with Gasteiger partial charge in [0.2, 0.25) is 0 Å². The van der Waals surface area contributed by atoms with Crippen molar-refractivity contribution in [3.05, 3.63) is 34.1 Å².